The highest BCUT2D eigenvalue weighted by Gasteiger charge is 2.84. The van der Waals surface area contributed by atoms with Gasteiger partial charge < -0.3 is 10.6 Å². The number of alkyl halides is 6. The molecule has 0 radical (unpaired) electrons. The number of amides is 2. The second-order valence-electron chi connectivity index (χ2n) is 11.5. The third-order valence-corrected chi connectivity index (χ3v) is 17.2. The zero-order valence-electron chi connectivity index (χ0n) is 19.3. The molecule has 0 aromatic heterocycles. The summed E-state index contributed by atoms with van der Waals surface area (Å²) in [7, 11) is 0. The summed E-state index contributed by atoms with van der Waals surface area (Å²) in [4.78, 5) is 26.9. The molecule has 6 atom stereocenters. The van der Waals surface area contributed by atoms with Gasteiger partial charge in [-0.3, -0.25) is 9.59 Å². The number of fused-ring (bicyclic) bond motifs is 2. The Bertz CT molecular complexity index is 798. The summed E-state index contributed by atoms with van der Waals surface area (Å²) in [5.74, 6) is 0.268. The lowest BCUT2D eigenvalue weighted by molar-refractivity contribution is -0.161. The molecule has 10 heteroatoms. The van der Waals surface area contributed by atoms with Crippen molar-refractivity contribution in [3.63, 3.8) is 0 Å². The Morgan fingerprint density at radius 2 is 1.06 bits per heavy atom. The molecule has 4 bridgehead atoms. The van der Waals surface area contributed by atoms with Crippen LogP contribution in [0.4, 0.5) is 0 Å². The summed E-state index contributed by atoms with van der Waals surface area (Å²) < 4.78 is 0.338. The maximum atomic E-state index is 13.3. The number of carbonyl (C=O) groups is 2. The number of hydrogen-bond donors (Lipinski definition) is 2. The monoisotopic (exact) mass is 842 g/mol. The molecule has 6 saturated carbocycles. The SMILES string of the molecule is CC1(C)C2(C(=O)NCCCNC(=O)C34CCC(C(Br)Br)(C3Br)C4(C)C)CCC1(C(Br)Br)C2Br. The zero-order valence-corrected chi connectivity index (χ0v) is 28.9. The van der Waals surface area contributed by atoms with E-state index in [0.717, 1.165) is 32.1 Å². The quantitative estimate of drug-likeness (QED) is 0.205. The fraction of sp³-hybridized carbons (Fsp3) is 0.913. The molecule has 2 amide bonds. The smallest absolute Gasteiger partial charge is 0.227 e. The molecular weight excluding hydrogens is 816 g/mol. The van der Waals surface area contributed by atoms with Gasteiger partial charge in [-0.05, 0) is 42.9 Å². The van der Waals surface area contributed by atoms with Gasteiger partial charge in [0.2, 0.25) is 11.8 Å². The minimum atomic E-state index is -0.386. The molecule has 6 unspecified atom stereocenters. The Balaban J connectivity index is 1.29. The van der Waals surface area contributed by atoms with Gasteiger partial charge in [0.15, 0.2) is 0 Å². The first kappa shape index (κ1) is 27.8. The third-order valence-electron chi connectivity index (χ3n) is 10.7. The molecular formula is C23H32Br6N2O2. The summed E-state index contributed by atoms with van der Waals surface area (Å²) in [5, 5.41) is 6.36. The standard InChI is InChI=1S/C23H32Br6N2O2/c1-18(2)20(14(26)27)6-8-22(18,12(20)24)16(32)30-10-5-11-31-17(33)23-9-7-21(13(23)25,15(28)29)19(23,3)4/h12-15H,5-11H2,1-4H3,(H,30,32)(H,31,33). The highest BCUT2D eigenvalue weighted by molar-refractivity contribution is 9.25. The first-order chi connectivity index (χ1) is 15.2. The van der Waals surface area contributed by atoms with Crippen molar-refractivity contribution >= 4 is 107 Å². The predicted molar refractivity (Wildman–Crippen MR) is 155 cm³/mol. The van der Waals surface area contributed by atoms with Crippen molar-refractivity contribution in [1.82, 2.24) is 10.6 Å². The molecule has 2 N–H and O–H groups in total. The molecule has 0 heterocycles. The maximum absolute atomic E-state index is 13.3. The van der Waals surface area contributed by atoms with E-state index in [0.29, 0.717) is 13.1 Å². The fourth-order valence-electron chi connectivity index (χ4n) is 8.20. The van der Waals surface area contributed by atoms with E-state index in [1.165, 1.54) is 0 Å². The summed E-state index contributed by atoms with van der Waals surface area (Å²) in [5.41, 5.74) is -0.936. The van der Waals surface area contributed by atoms with Gasteiger partial charge in [-0.25, -0.2) is 0 Å². The van der Waals surface area contributed by atoms with Gasteiger partial charge in [0.05, 0.1) is 18.3 Å². The first-order valence-corrected chi connectivity index (χ1v) is 17.1. The highest BCUT2D eigenvalue weighted by Crippen LogP contribution is 2.83. The van der Waals surface area contributed by atoms with E-state index in [-0.39, 0.29) is 61.4 Å². The molecule has 188 valence electrons. The number of rotatable bonds is 8. The van der Waals surface area contributed by atoms with E-state index in [4.69, 9.17) is 0 Å². The van der Waals surface area contributed by atoms with E-state index in [9.17, 15) is 9.59 Å². The summed E-state index contributed by atoms with van der Waals surface area (Å²) >= 11 is 22.7. The van der Waals surface area contributed by atoms with E-state index < -0.39 is 0 Å². The van der Waals surface area contributed by atoms with Crippen LogP contribution in [0.5, 0.6) is 0 Å². The van der Waals surface area contributed by atoms with E-state index in [1.807, 2.05) is 0 Å². The average Bonchev–Trinajstić information content (AvgIpc) is 3.39. The number of carbonyl (C=O) groups excluding carboxylic acids is 2. The lowest BCUT2D eigenvalue weighted by atomic mass is 9.43. The van der Waals surface area contributed by atoms with Crippen LogP contribution >= 0.6 is 95.6 Å². The minimum Gasteiger partial charge on any atom is -0.356 e. The molecule has 4 nitrogen and oxygen atoms in total. The van der Waals surface area contributed by atoms with Crippen LogP contribution in [0.15, 0.2) is 0 Å². The van der Waals surface area contributed by atoms with Crippen molar-refractivity contribution in [2.24, 2.45) is 32.5 Å². The molecule has 6 rings (SSSR count). The Hall–Kier alpha value is 1.82. The van der Waals surface area contributed by atoms with Gasteiger partial charge in [0.1, 0.15) is 0 Å². The van der Waals surface area contributed by atoms with Gasteiger partial charge in [0, 0.05) is 33.6 Å². The second kappa shape index (κ2) is 8.67. The van der Waals surface area contributed by atoms with E-state index in [1.54, 1.807) is 0 Å². The number of nitrogens with one attached hydrogen (secondary N) is 2. The largest absolute Gasteiger partial charge is 0.356 e. The molecule has 0 aliphatic heterocycles. The Morgan fingerprint density at radius 1 is 0.727 bits per heavy atom. The molecule has 0 spiro atoms. The van der Waals surface area contributed by atoms with Crippen molar-refractivity contribution in [1.29, 1.82) is 0 Å². The third kappa shape index (κ3) is 2.95. The molecule has 6 aliphatic rings. The fourth-order valence-corrected chi connectivity index (χ4v) is 18.0. The van der Waals surface area contributed by atoms with Crippen LogP contribution in [-0.4, -0.2) is 42.0 Å². The van der Waals surface area contributed by atoms with Gasteiger partial charge in [0.25, 0.3) is 0 Å². The van der Waals surface area contributed by atoms with Crippen LogP contribution in [0.1, 0.15) is 59.8 Å². The lowest BCUT2D eigenvalue weighted by Gasteiger charge is -2.66. The Labute approximate surface area is 247 Å². The lowest BCUT2D eigenvalue weighted by Crippen LogP contribution is -2.72. The molecule has 0 aromatic carbocycles. The van der Waals surface area contributed by atoms with Crippen LogP contribution in [0, 0.1) is 32.5 Å². The summed E-state index contributed by atoms with van der Waals surface area (Å²) in [6.45, 7) is 10.0. The van der Waals surface area contributed by atoms with E-state index in [2.05, 4.69) is 134 Å². The Kier molecular flexibility index (Phi) is 7.32. The summed E-state index contributed by atoms with van der Waals surface area (Å²) in [6.07, 6.45) is 4.52. The van der Waals surface area contributed by atoms with Crippen LogP contribution in [0.3, 0.4) is 0 Å². The van der Waals surface area contributed by atoms with E-state index >= 15 is 0 Å². The van der Waals surface area contributed by atoms with Crippen molar-refractivity contribution < 1.29 is 9.59 Å². The van der Waals surface area contributed by atoms with Gasteiger partial charge in [-0.2, -0.15) is 0 Å². The first-order valence-electron chi connectivity index (χ1n) is 11.6. The summed E-state index contributed by atoms with van der Waals surface area (Å²) in [6, 6.07) is 0. The van der Waals surface area contributed by atoms with Gasteiger partial charge >= 0.3 is 0 Å². The van der Waals surface area contributed by atoms with Crippen molar-refractivity contribution in [3.8, 4) is 0 Å². The van der Waals surface area contributed by atoms with Crippen LogP contribution in [-0.2, 0) is 9.59 Å². The Morgan fingerprint density at radius 3 is 1.30 bits per heavy atom. The normalized spacial score (nSPS) is 43.9. The highest BCUT2D eigenvalue weighted by atomic mass is 79.9. The van der Waals surface area contributed by atoms with Gasteiger partial charge in [-0.1, -0.05) is 123 Å². The van der Waals surface area contributed by atoms with Crippen LogP contribution < -0.4 is 10.6 Å². The average molecular weight is 848 g/mol. The number of hydrogen-bond acceptors (Lipinski definition) is 2. The predicted octanol–water partition coefficient (Wildman–Crippen LogP) is 6.98. The molecule has 33 heavy (non-hydrogen) atoms. The van der Waals surface area contributed by atoms with Crippen LogP contribution in [0.25, 0.3) is 0 Å². The van der Waals surface area contributed by atoms with Crippen molar-refractivity contribution in [2.75, 3.05) is 13.1 Å². The molecule has 6 fully saturated rings. The zero-order chi connectivity index (χ0) is 24.8. The van der Waals surface area contributed by atoms with Gasteiger partial charge in [-0.15, -0.1) is 0 Å². The minimum absolute atomic E-state index is 0.0270. The second-order valence-corrected chi connectivity index (χ2v) is 19.4. The number of halogens is 6. The maximum Gasteiger partial charge on any atom is 0.227 e. The molecule has 6 aliphatic carbocycles. The topological polar surface area (TPSA) is 58.2 Å². The van der Waals surface area contributed by atoms with Crippen molar-refractivity contribution in [2.45, 2.75) is 76.9 Å². The molecule has 0 aromatic rings. The molecule has 0 saturated heterocycles. The van der Waals surface area contributed by atoms with Crippen molar-refractivity contribution in [3.05, 3.63) is 0 Å². The van der Waals surface area contributed by atoms with Crippen LogP contribution in [0.2, 0.25) is 0 Å².